The number of hydrazine groups is 1. The van der Waals surface area contributed by atoms with Crippen LogP contribution in [-0.2, 0) is 16.0 Å². The first-order valence-corrected chi connectivity index (χ1v) is 12.4. The van der Waals surface area contributed by atoms with Crippen molar-refractivity contribution in [1.29, 1.82) is 0 Å². The summed E-state index contributed by atoms with van der Waals surface area (Å²) in [6.07, 6.45) is 10.7. The van der Waals surface area contributed by atoms with E-state index in [4.69, 9.17) is 20.7 Å². The number of hydrogen-bond donors (Lipinski definition) is 3. The number of pyridine rings is 1. The van der Waals surface area contributed by atoms with Crippen molar-refractivity contribution in [3.05, 3.63) is 54.8 Å². The SMILES string of the molecule is CCC(=O)CCCCCCc1ncc(-c2cc3ccccc3nc2OC)o1.CNC(=O)CN(N)/C=C\N. The summed E-state index contributed by atoms with van der Waals surface area (Å²) in [6.45, 7) is 2.03. The van der Waals surface area contributed by atoms with Gasteiger partial charge in [-0.05, 0) is 25.0 Å². The van der Waals surface area contributed by atoms with E-state index in [1.807, 2.05) is 37.3 Å². The Labute approximate surface area is 218 Å². The van der Waals surface area contributed by atoms with Crippen LogP contribution in [0.15, 0.2) is 53.3 Å². The Hall–Kier alpha value is -3.92. The second-order valence-corrected chi connectivity index (χ2v) is 8.35. The first kappa shape index (κ1) is 29.3. The van der Waals surface area contributed by atoms with E-state index in [0.29, 0.717) is 30.3 Å². The molecule has 10 nitrogen and oxygen atoms in total. The number of benzene rings is 1. The van der Waals surface area contributed by atoms with Crippen LogP contribution in [0.25, 0.3) is 22.2 Å². The topological polar surface area (TPSA) is 150 Å². The van der Waals surface area contributed by atoms with Gasteiger partial charge in [-0.3, -0.25) is 9.59 Å². The van der Waals surface area contributed by atoms with Gasteiger partial charge in [-0.2, -0.15) is 0 Å². The molecule has 5 N–H and O–H groups in total. The highest BCUT2D eigenvalue weighted by Crippen LogP contribution is 2.32. The molecule has 0 aliphatic heterocycles. The summed E-state index contributed by atoms with van der Waals surface area (Å²) in [5, 5.41) is 4.65. The smallest absolute Gasteiger partial charge is 0.240 e. The number of nitrogens with zero attached hydrogens (tertiary/aromatic N) is 3. The van der Waals surface area contributed by atoms with Crippen LogP contribution in [0.3, 0.4) is 0 Å². The highest BCUT2D eigenvalue weighted by molar-refractivity contribution is 5.85. The van der Waals surface area contributed by atoms with Crippen LogP contribution < -0.4 is 21.6 Å². The van der Waals surface area contributed by atoms with Crippen molar-refractivity contribution in [2.24, 2.45) is 11.6 Å². The number of ether oxygens (including phenoxy) is 1. The molecule has 0 aliphatic carbocycles. The molecule has 200 valence electrons. The van der Waals surface area contributed by atoms with Crippen LogP contribution >= 0.6 is 0 Å². The monoisotopic (exact) mass is 510 g/mol. The van der Waals surface area contributed by atoms with Crippen molar-refractivity contribution in [2.75, 3.05) is 20.7 Å². The molecule has 0 unspecified atom stereocenters. The lowest BCUT2D eigenvalue weighted by molar-refractivity contribution is -0.121. The first-order valence-electron chi connectivity index (χ1n) is 12.4. The standard InChI is InChI=1S/C22H26N2O3.C5H12N4O/c1-3-17(25)11-6-4-5-7-13-21-23-15-20(27-21)18-14-16-10-8-9-12-19(16)24-22(18)26-2;1-8-5(10)4-9(7)3-2-6/h8-10,12,14-15H,3-7,11,13H2,1-2H3;2-3H,4,6-7H2,1H3,(H,8,10)/b;3-2-. The van der Waals surface area contributed by atoms with Crippen LogP contribution in [0, 0.1) is 0 Å². The number of rotatable bonds is 13. The third-order valence-electron chi connectivity index (χ3n) is 5.57. The zero-order valence-electron chi connectivity index (χ0n) is 21.9. The van der Waals surface area contributed by atoms with E-state index in [1.54, 1.807) is 20.4 Å². The predicted octanol–water partition coefficient (Wildman–Crippen LogP) is 3.71. The van der Waals surface area contributed by atoms with Crippen LogP contribution in [0.5, 0.6) is 5.88 Å². The summed E-state index contributed by atoms with van der Waals surface area (Å²) in [7, 11) is 3.16. The molecule has 0 radical (unpaired) electrons. The predicted molar refractivity (Wildman–Crippen MR) is 144 cm³/mol. The molecule has 2 heterocycles. The average Bonchev–Trinajstić information content (AvgIpc) is 3.38. The van der Waals surface area contributed by atoms with Gasteiger partial charge in [-0.25, -0.2) is 15.8 Å². The number of carbonyl (C=O) groups is 2. The zero-order chi connectivity index (χ0) is 27.0. The second kappa shape index (κ2) is 15.9. The zero-order valence-corrected chi connectivity index (χ0v) is 21.9. The van der Waals surface area contributed by atoms with Crippen molar-refractivity contribution in [1.82, 2.24) is 20.3 Å². The van der Waals surface area contributed by atoms with Gasteiger partial charge in [0.25, 0.3) is 0 Å². The van der Waals surface area contributed by atoms with E-state index in [9.17, 15) is 9.59 Å². The second-order valence-electron chi connectivity index (χ2n) is 8.35. The molecule has 0 aliphatic rings. The molecule has 0 saturated carbocycles. The number of methoxy groups -OCH3 is 1. The van der Waals surface area contributed by atoms with Gasteiger partial charge >= 0.3 is 0 Å². The van der Waals surface area contributed by atoms with E-state index in [2.05, 4.69) is 15.3 Å². The molecule has 3 aromatic rings. The lowest BCUT2D eigenvalue weighted by Crippen LogP contribution is -2.36. The lowest BCUT2D eigenvalue weighted by Gasteiger charge is -2.10. The number of nitrogens with one attached hydrogen (secondary N) is 1. The average molecular weight is 511 g/mol. The minimum Gasteiger partial charge on any atom is -0.480 e. The molecular weight excluding hydrogens is 472 g/mol. The molecule has 1 amide bonds. The van der Waals surface area contributed by atoms with E-state index in [1.165, 1.54) is 17.4 Å². The normalized spacial score (nSPS) is 10.7. The van der Waals surface area contributed by atoms with Crippen molar-refractivity contribution < 1.29 is 18.7 Å². The number of carbonyl (C=O) groups excluding carboxylic acids is 2. The molecule has 37 heavy (non-hydrogen) atoms. The number of ketones is 1. The Morgan fingerprint density at radius 3 is 2.65 bits per heavy atom. The molecule has 0 bridgehead atoms. The Bertz CT molecular complexity index is 1160. The molecule has 0 saturated heterocycles. The van der Waals surface area contributed by atoms with E-state index in [0.717, 1.165) is 54.5 Å². The molecular formula is C27H38N6O4. The number of unbranched alkanes of at least 4 members (excludes halogenated alkanes) is 3. The summed E-state index contributed by atoms with van der Waals surface area (Å²) < 4.78 is 11.4. The van der Waals surface area contributed by atoms with Gasteiger partial charge < -0.3 is 25.2 Å². The minimum absolute atomic E-state index is 0.115. The molecule has 2 aromatic heterocycles. The number of aromatic nitrogens is 2. The number of hydrogen-bond acceptors (Lipinski definition) is 9. The third kappa shape index (κ3) is 9.92. The van der Waals surface area contributed by atoms with E-state index in [-0.39, 0.29) is 12.5 Å². The summed E-state index contributed by atoms with van der Waals surface area (Å²) in [4.78, 5) is 30.8. The van der Waals surface area contributed by atoms with Crippen LogP contribution in [0.4, 0.5) is 0 Å². The van der Waals surface area contributed by atoms with Gasteiger partial charge in [0, 0.05) is 44.1 Å². The number of nitrogens with two attached hydrogens (primary N) is 2. The highest BCUT2D eigenvalue weighted by atomic mass is 16.5. The Balaban J connectivity index is 0.000000410. The number of Topliss-reactive ketones (excluding diaryl/α,β-unsaturated/α-hetero) is 1. The third-order valence-corrected chi connectivity index (χ3v) is 5.57. The van der Waals surface area contributed by atoms with Crippen molar-refractivity contribution >= 4 is 22.6 Å². The number of aryl methyl sites for hydroxylation is 1. The van der Waals surface area contributed by atoms with Crippen LogP contribution in [-0.4, -0.2) is 47.4 Å². The number of likely N-dealkylation sites (N-methyl/N-ethyl adjacent to an activating group) is 1. The van der Waals surface area contributed by atoms with Crippen LogP contribution in [0.1, 0.15) is 51.3 Å². The molecule has 3 rings (SSSR count). The van der Waals surface area contributed by atoms with Gasteiger partial charge in [0.1, 0.15) is 12.3 Å². The van der Waals surface area contributed by atoms with E-state index >= 15 is 0 Å². The van der Waals surface area contributed by atoms with Gasteiger partial charge in [-0.1, -0.05) is 38.0 Å². The summed E-state index contributed by atoms with van der Waals surface area (Å²) in [5.41, 5.74) is 6.71. The quantitative estimate of drug-likeness (QED) is 0.178. The van der Waals surface area contributed by atoms with Gasteiger partial charge in [0.15, 0.2) is 11.7 Å². The molecule has 0 spiro atoms. The largest absolute Gasteiger partial charge is 0.480 e. The van der Waals surface area contributed by atoms with Crippen molar-refractivity contribution in [3.63, 3.8) is 0 Å². The summed E-state index contributed by atoms with van der Waals surface area (Å²) in [5.74, 6) is 7.41. The van der Waals surface area contributed by atoms with Gasteiger partial charge in [0.2, 0.25) is 11.8 Å². The maximum Gasteiger partial charge on any atom is 0.240 e. The molecule has 0 fully saturated rings. The Kier molecular flexibility index (Phi) is 12.6. The molecule has 10 heteroatoms. The molecule has 0 atom stereocenters. The first-order chi connectivity index (χ1) is 17.9. The maximum absolute atomic E-state index is 11.3. The Morgan fingerprint density at radius 2 is 1.95 bits per heavy atom. The number of fused-ring (bicyclic) bond motifs is 1. The summed E-state index contributed by atoms with van der Waals surface area (Å²) >= 11 is 0. The van der Waals surface area contributed by atoms with Gasteiger partial charge in [0.05, 0.1) is 24.4 Å². The van der Waals surface area contributed by atoms with E-state index < -0.39 is 0 Å². The number of para-hydroxylation sites is 1. The lowest BCUT2D eigenvalue weighted by atomic mass is 10.1. The highest BCUT2D eigenvalue weighted by Gasteiger charge is 2.14. The fourth-order valence-electron chi connectivity index (χ4n) is 3.52. The Morgan fingerprint density at radius 1 is 1.19 bits per heavy atom. The fourth-order valence-corrected chi connectivity index (χ4v) is 3.52. The number of amides is 1. The van der Waals surface area contributed by atoms with Crippen molar-refractivity contribution in [2.45, 2.75) is 51.9 Å². The van der Waals surface area contributed by atoms with Crippen LogP contribution in [0.2, 0.25) is 0 Å². The maximum atomic E-state index is 11.3. The fraction of sp³-hybridized carbons (Fsp3) is 0.407. The van der Waals surface area contributed by atoms with Gasteiger partial charge in [-0.15, -0.1) is 0 Å². The summed E-state index contributed by atoms with van der Waals surface area (Å²) in [6, 6.07) is 9.95. The molecule has 1 aromatic carbocycles. The minimum atomic E-state index is -0.152. The van der Waals surface area contributed by atoms with Crippen molar-refractivity contribution in [3.8, 4) is 17.2 Å². The number of oxazole rings is 1.